The molecule has 2 heterocycles. The van der Waals surface area contributed by atoms with Crippen LogP contribution in [0.25, 0.3) is 0 Å². The third-order valence-corrected chi connectivity index (χ3v) is 4.65. The average molecular weight is 270 g/mol. The lowest BCUT2D eigenvalue weighted by molar-refractivity contribution is 0.339. The maximum Gasteiger partial charge on any atom is 0.265 e. The Labute approximate surface area is 105 Å². The highest BCUT2D eigenvalue weighted by atomic mass is 33.1. The molecule has 1 aromatic rings. The smallest absolute Gasteiger partial charge is 0.265 e. The second kappa shape index (κ2) is 5.44. The van der Waals surface area contributed by atoms with Gasteiger partial charge in [-0.15, -0.1) is 0 Å². The lowest BCUT2D eigenvalue weighted by Crippen LogP contribution is -2.28. The number of aliphatic hydroxyl groups excluding tert-OH is 1. The molecule has 0 saturated heterocycles. The number of hydrogen-bond acceptors (Lipinski definition) is 5. The van der Waals surface area contributed by atoms with Crippen molar-refractivity contribution in [2.45, 2.75) is 6.54 Å². The molecule has 2 N–H and O–H groups in total. The van der Waals surface area contributed by atoms with Gasteiger partial charge in [-0.3, -0.25) is 14.7 Å². The highest BCUT2D eigenvalue weighted by Crippen LogP contribution is 2.39. The van der Waals surface area contributed by atoms with Gasteiger partial charge in [0.2, 0.25) is 0 Å². The Hall–Kier alpha value is -1.18. The summed E-state index contributed by atoms with van der Waals surface area (Å²) >= 11 is 0. The molecule has 0 bridgehead atoms. The number of allylic oxidation sites excluding steroid dienone is 3. The number of hydrogen-bond donors (Lipinski definition) is 2. The summed E-state index contributed by atoms with van der Waals surface area (Å²) in [5.74, 6) is 0. The van der Waals surface area contributed by atoms with Gasteiger partial charge in [0.25, 0.3) is 11.1 Å². The Kier molecular flexibility index (Phi) is 3.93. The van der Waals surface area contributed by atoms with Crippen molar-refractivity contribution >= 4 is 21.6 Å². The maximum absolute atomic E-state index is 11.5. The zero-order chi connectivity index (χ0) is 12.3. The van der Waals surface area contributed by atoms with Crippen molar-refractivity contribution in [3.8, 4) is 0 Å². The normalized spacial score (nSPS) is 15.4. The van der Waals surface area contributed by atoms with Gasteiger partial charge in [-0.1, -0.05) is 21.6 Å². The van der Waals surface area contributed by atoms with Gasteiger partial charge in [-0.2, -0.15) is 0 Å². The Morgan fingerprint density at radius 2 is 1.88 bits per heavy atom. The van der Waals surface area contributed by atoms with Crippen LogP contribution in [0.3, 0.4) is 0 Å². The molecular weight excluding hydrogens is 260 g/mol. The number of aromatic nitrogens is 2. The van der Waals surface area contributed by atoms with Crippen LogP contribution in [0.15, 0.2) is 43.7 Å². The van der Waals surface area contributed by atoms with E-state index in [1.807, 2.05) is 12.2 Å². The van der Waals surface area contributed by atoms with Crippen LogP contribution < -0.4 is 11.1 Å². The first-order chi connectivity index (χ1) is 8.19. The van der Waals surface area contributed by atoms with Crippen molar-refractivity contribution in [2.75, 3.05) is 6.61 Å². The van der Waals surface area contributed by atoms with E-state index in [1.165, 1.54) is 38.4 Å². The fraction of sp³-hybridized carbons (Fsp3) is 0.200. The summed E-state index contributed by atoms with van der Waals surface area (Å²) in [4.78, 5) is 24.4. The third kappa shape index (κ3) is 3.15. The molecule has 0 fully saturated rings. The summed E-state index contributed by atoms with van der Waals surface area (Å²) in [5, 5.41) is 11.4. The molecule has 0 atom stereocenters. The van der Waals surface area contributed by atoms with Crippen LogP contribution in [0.4, 0.5) is 0 Å². The van der Waals surface area contributed by atoms with Crippen molar-refractivity contribution in [3.05, 3.63) is 54.8 Å². The minimum atomic E-state index is -0.301. The second-order valence-electron chi connectivity index (χ2n) is 3.32. The predicted octanol–water partition coefficient (Wildman–Crippen LogP) is 0.692. The van der Waals surface area contributed by atoms with E-state index in [1.54, 1.807) is 0 Å². The topological polar surface area (TPSA) is 75.1 Å². The van der Waals surface area contributed by atoms with Crippen LogP contribution >= 0.6 is 21.6 Å². The Morgan fingerprint density at radius 3 is 2.53 bits per heavy atom. The molecule has 0 aromatic carbocycles. The van der Waals surface area contributed by atoms with E-state index in [2.05, 4.69) is 5.10 Å². The van der Waals surface area contributed by atoms with Crippen molar-refractivity contribution in [1.29, 1.82) is 0 Å². The molecule has 0 radical (unpaired) electrons. The molecule has 1 aromatic heterocycles. The van der Waals surface area contributed by atoms with Crippen molar-refractivity contribution in [2.24, 2.45) is 0 Å². The van der Waals surface area contributed by atoms with Gasteiger partial charge < -0.3 is 5.11 Å². The van der Waals surface area contributed by atoms with Gasteiger partial charge in [-0.05, 0) is 12.2 Å². The van der Waals surface area contributed by atoms with E-state index >= 15 is 0 Å². The van der Waals surface area contributed by atoms with E-state index in [0.29, 0.717) is 6.54 Å². The van der Waals surface area contributed by atoms with Crippen LogP contribution in [0.5, 0.6) is 0 Å². The summed E-state index contributed by atoms with van der Waals surface area (Å²) in [6.45, 7) is 0.353. The zero-order valence-electron chi connectivity index (χ0n) is 8.75. The van der Waals surface area contributed by atoms with Gasteiger partial charge in [0.05, 0.1) is 13.2 Å². The van der Waals surface area contributed by atoms with Gasteiger partial charge in [0.15, 0.2) is 0 Å². The number of aromatic amines is 1. The molecule has 0 amide bonds. The maximum atomic E-state index is 11.5. The first-order valence-corrected chi connectivity index (χ1v) is 6.99. The number of rotatable bonds is 3. The highest BCUT2D eigenvalue weighted by Gasteiger charge is 2.08. The molecule has 7 heteroatoms. The Morgan fingerprint density at radius 1 is 1.18 bits per heavy atom. The fourth-order valence-electron chi connectivity index (χ4n) is 1.24. The number of aliphatic hydroxyl groups is 1. The summed E-state index contributed by atoms with van der Waals surface area (Å²) in [6, 6.07) is 2.45. The molecule has 1 aliphatic heterocycles. The largest absolute Gasteiger partial charge is 0.391 e. The van der Waals surface area contributed by atoms with Crippen LogP contribution in [0.1, 0.15) is 0 Å². The van der Waals surface area contributed by atoms with E-state index in [4.69, 9.17) is 5.11 Å². The predicted molar refractivity (Wildman–Crippen MR) is 69.8 cm³/mol. The van der Waals surface area contributed by atoms with Gasteiger partial charge >= 0.3 is 0 Å². The number of nitrogens with one attached hydrogen (secondary N) is 1. The fourth-order valence-corrected chi connectivity index (χ4v) is 3.23. The molecule has 90 valence electrons. The van der Waals surface area contributed by atoms with Gasteiger partial charge in [0, 0.05) is 21.9 Å². The molecule has 0 aliphatic carbocycles. The first-order valence-electron chi connectivity index (χ1n) is 4.84. The van der Waals surface area contributed by atoms with E-state index in [9.17, 15) is 9.59 Å². The lowest BCUT2D eigenvalue weighted by Gasteiger charge is -2.12. The number of nitrogens with zero attached hydrogens (tertiary/aromatic N) is 1. The lowest BCUT2D eigenvalue weighted by atomic mass is 10.4. The van der Waals surface area contributed by atoms with E-state index in [0.717, 1.165) is 9.81 Å². The highest BCUT2D eigenvalue weighted by molar-refractivity contribution is 8.79. The minimum Gasteiger partial charge on any atom is -0.391 e. The molecule has 1 aliphatic rings. The minimum absolute atomic E-state index is 0.0174. The van der Waals surface area contributed by atoms with Gasteiger partial charge in [-0.25, -0.2) is 4.68 Å². The first kappa shape index (κ1) is 12.3. The molecule has 0 unspecified atom stereocenters. The van der Waals surface area contributed by atoms with E-state index in [-0.39, 0.29) is 17.7 Å². The van der Waals surface area contributed by atoms with Gasteiger partial charge in [0.1, 0.15) is 0 Å². The molecule has 17 heavy (non-hydrogen) atoms. The van der Waals surface area contributed by atoms with E-state index < -0.39 is 0 Å². The Bertz CT molecular complexity index is 586. The Balaban J connectivity index is 2.20. The molecule has 0 saturated carbocycles. The quantitative estimate of drug-likeness (QED) is 0.791. The molecular formula is C10H10N2O3S2. The summed E-state index contributed by atoms with van der Waals surface area (Å²) in [7, 11) is 2.93. The standard InChI is InChI=1S/C10H10N2O3S2/c13-6-8-2-1-7(16-17-8)5-12-10(15)4-3-9(14)11-12/h1-4,13H,5-6H2,(H,11,14). The van der Waals surface area contributed by atoms with Crippen LogP contribution in [0, 0.1) is 0 Å². The molecule has 5 nitrogen and oxygen atoms in total. The van der Waals surface area contributed by atoms with Crippen LogP contribution in [-0.4, -0.2) is 21.5 Å². The summed E-state index contributed by atoms with van der Waals surface area (Å²) in [5.41, 5.74) is -0.543. The summed E-state index contributed by atoms with van der Waals surface area (Å²) < 4.78 is 1.26. The van der Waals surface area contributed by atoms with Crippen molar-refractivity contribution < 1.29 is 5.11 Å². The van der Waals surface area contributed by atoms with Crippen molar-refractivity contribution in [3.63, 3.8) is 0 Å². The average Bonchev–Trinajstić information content (AvgIpc) is 2.35. The monoisotopic (exact) mass is 270 g/mol. The number of H-pyrrole nitrogens is 1. The third-order valence-electron chi connectivity index (χ3n) is 2.07. The SMILES string of the molecule is O=c1ccc(=O)n(CC2=CC=C(CO)SS2)[nH]1. The van der Waals surface area contributed by atoms with Crippen LogP contribution in [-0.2, 0) is 6.54 Å². The molecule has 2 rings (SSSR count). The summed E-state index contributed by atoms with van der Waals surface area (Å²) in [6.07, 6.45) is 3.65. The zero-order valence-corrected chi connectivity index (χ0v) is 10.4. The van der Waals surface area contributed by atoms with Crippen molar-refractivity contribution in [1.82, 2.24) is 9.78 Å². The second-order valence-corrected chi connectivity index (χ2v) is 5.71. The molecule has 0 spiro atoms. The van der Waals surface area contributed by atoms with Crippen LogP contribution in [0.2, 0.25) is 0 Å².